The number of aryl methyl sites for hydroxylation is 1. The van der Waals surface area contributed by atoms with Crippen molar-refractivity contribution >= 4 is 28.8 Å². The van der Waals surface area contributed by atoms with Crippen LogP contribution in [0.5, 0.6) is 0 Å². The fourth-order valence-corrected chi connectivity index (χ4v) is 4.04. The zero-order chi connectivity index (χ0) is 18.8. The number of hydrogen-bond donors (Lipinski definition) is 2. The first-order valence-corrected chi connectivity index (χ1v) is 9.44. The second kappa shape index (κ2) is 7.24. The molecule has 4 rings (SSSR count). The van der Waals surface area contributed by atoms with Crippen molar-refractivity contribution in [1.82, 2.24) is 20.3 Å². The summed E-state index contributed by atoms with van der Waals surface area (Å²) in [6.45, 7) is 1.95. The van der Waals surface area contributed by atoms with E-state index in [0.29, 0.717) is 27.8 Å². The molecule has 0 bridgehead atoms. The Labute approximate surface area is 159 Å². The standard InChI is InChI=1S/C19H17N5O2S/c1-2-12-16(27-19(24-12)17-20-8-5-9-21-17)18(26)23-14-10-15(25)22-13-7-4-3-6-11(13)14/h3-9,14H,2,10H2,1H3,(H,22,25)(H,23,26). The van der Waals surface area contributed by atoms with Crippen LogP contribution < -0.4 is 10.6 Å². The van der Waals surface area contributed by atoms with Gasteiger partial charge >= 0.3 is 0 Å². The van der Waals surface area contributed by atoms with Crippen LogP contribution >= 0.6 is 11.3 Å². The second-order valence-corrected chi connectivity index (χ2v) is 7.09. The highest BCUT2D eigenvalue weighted by atomic mass is 32.1. The lowest BCUT2D eigenvalue weighted by Crippen LogP contribution is -2.35. The second-order valence-electron chi connectivity index (χ2n) is 6.09. The molecule has 2 N–H and O–H groups in total. The van der Waals surface area contributed by atoms with Crippen LogP contribution in [0.3, 0.4) is 0 Å². The van der Waals surface area contributed by atoms with Gasteiger partial charge in [-0.05, 0) is 24.1 Å². The summed E-state index contributed by atoms with van der Waals surface area (Å²) in [5, 5.41) is 6.44. The predicted octanol–water partition coefficient (Wildman–Crippen LogP) is 2.98. The lowest BCUT2D eigenvalue weighted by molar-refractivity contribution is -0.116. The lowest BCUT2D eigenvalue weighted by atomic mass is 9.97. The fraction of sp³-hybridized carbons (Fsp3) is 0.211. The molecular weight excluding hydrogens is 362 g/mol. The van der Waals surface area contributed by atoms with Crippen LogP contribution in [0.2, 0.25) is 0 Å². The number of para-hydroxylation sites is 1. The van der Waals surface area contributed by atoms with Gasteiger partial charge in [-0.1, -0.05) is 25.1 Å². The summed E-state index contributed by atoms with van der Waals surface area (Å²) >= 11 is 1.27. The molecule has 1 aromatic carbocycles. The molecule has 3 heterocycles. The summed E-state index contributed by atoms with van der Waals surface area (Å²) in [5.74, 6) is 0.150. The Kier molecular flexibility index (Phi) is 4.64. The van der Waals surface area contributed by atoms with E-state index in [-0.39, 0.29) is 24.3 Å². The number of nitrogens with one attached hydrogen (secondary N) is 2. The third-order valence-electron chi connectivity index (χ3n) is 4.30. The third-order valence-corrected chi connectivity index (χ3v) is 5.39. The predicted molar refractivity (Wildman–Crippen MR) is 102 cm³/mol. The van der Waals surface area contributed by atoms with Gasteiger partial charge in [-0.25, -0.2) is 15.0 Å². The first-order chi connectivity index (χ1) is 13.2. The van der Waals surface area contributed by atoms with Crippen molar-refractivity contribution in [2.24, 2.45) is 0 Å². The topological polar surface area (TPSA) is 96.9 Å². The van der Waals surface area contributed by atoms with Crippen LogP contribution in [0, 0.1) is 0 Å². The maximum absolute atomic E-state index is 12.9. The van der Waals surface area contributed by atoms with Crippen molar-refractivity contribution in [3.8, 4) is 10.8 Å². The number of rotatable bonds is 4. The number of anilines is 1. The molecule has 1 atom stereocenters. The van der Waals surface area contributed by atoms with E-state index < -0.39 is 0 Å². The highest BCUT2D eigenvalue weighted by Gasteiger charge is 2.28. The molecule has 0 fully saturated rings. The quantitative estimate of drug-likeness (QED) is 0.726. The van der Waals surface area contributed by atoms with E-state index in [0.717, 1.165) is 11.3 Å². The Bertz CT molecular complexity index is 1000. The zero-order valence-corrected chi connectivity index (χ0v) is 15.4. The molecule has 136 valence electrons. The minimum Gasteiger partial charge on any atom is -0.344 e. The van der Waals surface area contributed by atoms with Crippen LogP contribution in [0.15, 0.2) is 42.7 Å². The first kappa shape index (κ1) is 17.3. The number of thiazole rings is 1. The first-order valence-electron chi connectivity index (χ1n) is 8.62. The van der Waals surface area contributed by atoms with Gasteiger partial charge in [0.2, 0.25) is 5.91 Å². The summed E-state index contributed by atoms with van der Waals surface area (Å²) in [4.78, 5) is 38.4. The Morgan fingerprint density at radius 2 is 2.04 bits per heavy atom. The van der Waals surface area contributed by atoms with E-state index >= 15 is 0 Å². The third kappa shape index (κ3) is 3.43. The SMILES string of the molecule is CCc1nc(-c2ncccn2)sc1C(=O)NC1CC(=O)Nc2ccccc21. The van der Waals surface area contributed by atoms with Crippen molar-refractivity contribution in [3.63, 3.8) is 0 Å². The lowest BCUT2D eigenvalue weighted by Gasteiger charge is -2.26. The van der Waals surface area contributed by atoms with E-state index in [1.165, 1.54) is 11.3 Å². The van der Waals surface area contributed by atoms with E-state index in [4.69, 9.17) is 0 Å². The Hall–Kier alpha value is -3.13. The van der Waals surface area contributed by atoms with Gasteiger partial charge in [-0.3, -0.25) is 9.59 Å². The molecule has 2 aromatic heterocycles. The van der Waals surface area contributed by atoms with E-state index in [1.807, 2.05) is 31.2 Å². The van der Waals surface area contributed by atoms with Crippen molar-refractivity contribution in [2.75, 3.05) is 5.32 Å². The monoisotopic (exact) mass is 379 g/mol. The molecule has 0 aliphatic carbocycles. The highest BCUT2D eigenvalue weighted by Crippen LogP contribution is 2.31. The van der Waals surface area contributed by atoms with Gasteiger partial charge in [0.15, 0.2) is 10.8 Å². The van der Waals surface area contributed by atoms with Gasteiger partial charge < -0.3 is 10.6 Å². The number of aromatic nitrogens is 3. The summed E-state index contributed by atoms with van der Waals surface area (Å²) in [7, 11) is 0. The number of amides is 2. The molecule has 1 aliphatic heterocycles. The van der Waals surface area contributed by atoms with Crippen LogP contribution in [0.25, 0.3) is 10.8 Å². The van der Waals surface area contributed by atoms with Crippen molar-refractivity contribution in [2.45, 2.75) is 25.8 Å². The number of fused-ring (bicyclic) bond motifs is 1. The fourth-order valence-electron chi connectivity index (χ4n) is 3.04. The molecule has 8 heteroatoms. The summed E-state index contributed by atoms with van der Waals surface area (Å²) in [6.07, 6.45) is 4.12. The molecule has 2 amide bonds. The van der Waals surface area contributed by atoms with Crippen LogP contribution in [-0.2, 0) is 11.2 Å². The van der Waals surface area contributed by atoms with Crippen molar-refractivity contribution in [1.29, 1.82) is 0 Å². The molecule has 0 radical (unpaired) electrons. The number of benzene rings is 1. The number of nitrogens with zero attached hydrogens (tertiary/aromatic N) is 3. The minimum atomic E-state index is -0.370. The summed E-state index contributed by atoms with van der Waals surface area (Å²) < 4.78 is 0. The van der Waals surface area contributed by atoms with Gasteiger partial charge in [0.25, 0.3) is 5.91 Å². The molecule has 1 unspecified atom stereocenters. The van der Waals surface area contributed by atoms with E-state index in [9.17, 15) is 9.59 Å². The maximum atomic E-state index is 12.9. The van der Waals surface area contributed by atoms with E-state index in [1.54, 1.807) is 18.5 Å². The average molecular weight is 379 g/mol. The van der Waals surface area contributed by atoms with Gasteiger partial charge in [0.05, 0.1) is 18.2 Å². The normalized spacial score (nSPS) is 15.7. The average Bonchev–Trinajstić information content (AvgIpc) is 3.13. The molecule has 27 heavy (non-hydrogen) atoms. The molecule has 3 aromatic rings. The largest absolute Gasteiger partial charge is 0.344 e. The number of carbonyl (C=O) groups excluding carboxylic acids is 2. The van der Waals surface area contributed by atoms with Crippen molar-refractivity contribution < 1.29 is 9.59 Å². The number of carbonyl (C=O) groups is 2. The van der Waals surface area contributed by atoms with Gasteiger partial charge in [0, 0.05) is 18.1 Å². The van der Waals surface area contributed by atoms with Crippen LogP contribution in [0.1, 0.15) is 40.3 Å². The van der Waals surface area contributed by atoms with Crippen LogP contribution in [0.4, 0.5) is 5.69 Å². The maximum Gasteiger partial charge on any atom is 0.263 e. The van der Waals surface area contributed by atoms with Gasteiger partial charge in [-0.15, -0.1) is 11.3 Å². The Morgan fingerprint density at radius 1 is 1.26 bits per heavy atom. The van der Waals surface area contributed by atoms with Crippen molar-refractivity contribution in [3.05, 3.63) is 58.9 Å². The van der Waals surface area contributed by atoms with Gasteiger partial charge in [0.1, 0.15) is 4.88 Å². The molecule has 7 nitrogen and oxygen atoms in total. The minimum absolute atomic E-state index is 0.114. The smallest absolute Gasteiger partial charge is 0.263 e. The Morgan fingerprint density at radius 3 is 2.81 bits per heavy atom. The Balaban J connectivity index is 1.62. The molecule has 1 aliphatic rings. The number of hydrogen-bond acceptors (Lipinski definition) is 6. The van der Waals surface area contributed by atoms with Gasteiger partial charge in [-0.2, -0.15) is 0 Å². The van der Waals surface area contributed by atoms with Crippen LogP contribution in [-0.4, -0.2) is 26.8 Å². The zero-order valence-electron chi connectivity index (χ0n) is 14.6. The molecule has 0 spiro atoms. The highest BCUT2D eigenvalue weighted by molar-refractivity contribution is 7.17. The molecule has 0 saturated carbocycles. The molecule has 0 saturated heterocycles. The molecular formula is C19H17N5O2S. The summed E-state index contributed by atoms with van der Waals surface area (Å²) in [6, 6.07) is 8.86. The summed E-state index contributed by atoms with van der Waals surface area (Å²) in [5.41, 5.74) is 2.34. The van der Waals surface area contributed by atoms with E-state index in [2.05, 4.69) is 25.6 Å².